The van der Waals surface area contributed by atoms with Crippen molar-refractivity contribution in [3.63, 3.8) is 0 Å². The first kappa shape index (κ1) is 23.9. The molecule has 0 bridgehead atoms. The molecule has 0 aliphatic carbocycles. The number of carbonyl (C=O) groups excluding carboxylic acids is 1. The molecule has 1 aliphatic heterocycles. The van der Waals surface area contributed by atoms with Crippen molar-refractivity contribution < 1.29 is 19.0 Å². The number of para-hydroxylation sites is 1. The maximum Gasteiger partial charge on any atom is 0.270 e. The van der Waals surface area contributed by atoms with Crippen LogP contribution in [0.1, 0.15) is 11.1 Å². The Balaban J connectivity index is 1.43. The van der Waals surface area contributed by atoms with Crippen LogP contribution in [0.15, 0.2) is 66.7 Å². The number of anilines is 1. The molecule has 3 aromatic rings. The molecule has 1 heterocycles. The standard InChI is InChI=1S/C27H29ClN2O4/c1-18-6-4-5-7-22(18)30-23(26(27(30)31)34-21-11-9-20(28)10-12-21)17-29-15-14-19-8-13-24(32-2)25(16-19)33-3/h4-13,16,23,26,29H,14-15,17H2,1-3H3/t23-,26-/m1/s1. The van der Waals surface area contributed by atoms with E-state index in [9.17, 15) is 4.79 Å². The van der Waals surface area contributed by atoms with Crippen molar-refractivity contribution in [3.8, 4) is 17.2 Å². The minimum Gasteiger partial charge on any atom is -0.493 e. The van der Waals surface area contributed by atoms with Crippen LogP contribution in [-0.4, -0.2) is 45.4 Å². The van der Waals surface area contributed by atoms with Gasteiger partial charge in [0.25, 0.3) is 5.91 Å². The molecule has 1 N–H and O–H groups in total. The number of amides is 1. The quantitative estimate of drug-likeness (QED) is 0.338. The van der Waals surface area contributed by atoms with Crippen LogP contribution in [-0.2, 0) is 11.2 Å². The zero-order valence-electron chi connectivity index (χ0n) is 19.6. The third-order valence-electron chi connectivity index (χ3n) is 6.01. The van der Waals surface area contributed by atoms with Gasteiger partial charge in [0.15, 0.2) is 17.6 Å². The van der Waals surface area contributed by atoms with Crippen LogP contribution in [0.3, 0.4) is 0 Å². The van der Waals surface area contributed by atoms with E-state index in [1.807, 2.05) is 54.3 Å². The molecule has 7 heteroatoms. The fraction of sp³-hybridized carbons (Fsp3) is 0.296. The number of ether oxygens (including phenoxy) is 3. The lowest BCUT2D eigenvalue weighted by atomic mass is 9.95. The van der Waals surface area contributed by atoms with E-state index in [0.29, 0.717) is 28.8 Å². The first-order valence-corrected chi connectivity index (χ1v) is 11.6. The van der Waals surface area contributed by atoms with Gasteiger partial charge in [-0.3, -0.25) is 4.79 Å². The van der Waals surface area contributed by atoms with Gasteiger partial charge in [-0.05, 0) is 73.5 Å². The summed E-state index contributed by atoms with van der Waals surface area (Å²) < 4.78 is 16.8. The third-order valence-corrected chi connectivity index (χ3v) is 6.26. The minimum absolute atomic E-state index is 0.0454. The molecule has 1 fully saturated rings. The van der Waals surface area contributed by atoms with Gasteiger partial charge in [0.1, 0.15) is 5.75 Å². The lowest BCUT2D eigenvalue weighted by Gasteiger charge is -2.47. The van der Waals surface area contributed by atoms with Crippen LogP contribution in [0.2, 0.25) is 5.02 Å². The van der Waals surface area contributed by atoms with Crippen LogP contribution in [0.25, 0.3) is 0 Å². The van der Waals surface area contributed by atoms with E-state index < -0.39 is 6.10 Å². The second kappa shape index (κ2) is 10.8. The average Bonchev–Trinajstić information content (AvgIpc) is 2.86. The van der Waals surface area contributed by atoms with Gasteiger partial charge >= 0.3 is 0 Å². The van der Waals surface area contributed by atoms with Crippen LogP contribution in [0.4, 0.5) is 5.69 Å². The third kappa shape index (κ3) is 5.13. The Morgan fingerprint density at radius 3 is 2.41 bits per heavy atom. The van der Waals surface area contributed by atoms with Gasteiger partial charge in [-0.15, -0.1) is 0 Å². The molecule has 3 aromatic carbocycles. The van der Waals surface area contributed by atoms with E-state index in [0.717, 1.165) is 29.8 Å². The molecular weight excluding hydrogens is 452 g/mol. The summed E-state index contributed by atoms with van der Waals surface area (Å²) in [5.41, 5.74) is 3.10. The number of hydrogen-bond donors (Lipinski definition) is 1. The van der Waals surface area contributed by atoms with Gasteiger partial charge in [-0.25, -0.2) is 0 Å². The summed E-state index contributed by atoms with van der Waals surface area (Å²) in [5, 5.41) is 4.13. The van der Waals surface area contributed by atoms with Crippen LogP contribution >= 0.6 is 11.6 Å². The predicted octanol–water partition coefficient (Wildman–Crippen LogP) is 4.66. The molecule has 4 rings (SSSR count). The molecule has 0 aromatic heterocycles. The number of nitrogens with zero attached hydrogens (tertiary/aromatic N) is 1. The maximum atomic E-state index is 13.1. The highest BCUT2D eigenvalue weighted by Gasteiger charge is 2.50. The molecular formula is C27H29ClN2O4. The number of aryl methyl sites for hydroxylation is 1. The Bertz CT molecular complexity index is 1140. The first-order chi connectivity index (χ1) is 16.5. The average molecular weight is 481 g/mol. The first-order valence-electron chi connectivity index (χ1n) is 11.2. The van der Waals surface area contributed by atoms with Gasteiger partial charge in [0.05, 0.1) is 20.3 Å². The summed E-state index contributed by atoms with van der Waals surface area (Å²) in [6.07, 6.45) is 0.253. The van der Waals surface area contributed by atoms with Crippen molar-refractivity contribution in [2.75, 3.05) is 32.2 Å². The fourth-order valence-electron chi connectivity index (χ4n) is 4.16. The summed E-state index contributed by atoms with van der Waals surface area (Å²) in [5.74, 6) is 2.01. The van der Waals surface area contributed by atoms with E-state index in [-0.39, 0.29) is 11.9 Å². The smallest absolute Gasteiger partial charge is 0.270 e. The highest BCUT2D eigenvalue weighted by molar-refractivity contribution is 6.30. The van der Waals surface area contributed by atoms with Crippen LogP contribution < -0.4 is 24.4 Å². The van der Waals surface area contributed by atoms with Gasteiger partial charge in [-0.1, -0.05) is 35.9 Å². The predicted molar refractivity (Wildman–Crippen MR) is 134 cm³/mol. The van der Waals surface area contributed by atoms with Crippen molar-refractivity contribution in [1.82, 2.24) is 5.32 Å². The van der Waals surface area contributed by atoms with E-state index in [1.165, 1.54) is 0 Å². The number of β-lactam (4-membered cyclic amide) rings is 1. The zero-order chi connectivity index (χ0) is 24.1. The molecule has 0 radical (unpaired) electrons. The lowest BCUT2D eigenvalue weighted by Crippen LogP contribution is -2.70. The number of rotatable bonds is 10. The van der Waals surface area contributed by atoms with E-state index in [2.05, 4.69) is 5.32 Å². The molecule has 178 valence electrons. The van der Waals surface area contributed by atoms with Crippen molar-refractivity contribution in [2.24, 2.45) is 0 Å². The van der Waals surface area contributed by atoms with E-state index in [1.54, 1.807) is 38.5 Å². The van der Waals surface area contributed by atoms with Gasteiger partial charge in [0, 0.05) is 17.3 Å². The van der Waals surface area contributed by atoms with Gasteiger partial charge in [-0.2, -0.15) is 0 Å². The molecule has 2 atom stereocenters. The largest absolute Gasteiger partial charge is 0.493 e. The molecule has 0 saturated carbocycles. The summed E-state index contributed by atoms with van der Waals surface area (Å²) in [6, 6.07) is 20.8. The molecule has 6 nitrogen and oxygen atoms in total. The van der Waals surface area contributed by atoms with E-state index >= 15 is 0 Å². The highest BCUT2D eigenvalue weighted by atomic mass is 35.5. The van der Waals surface area contributed by atoms with Crippen LogP contribution in [0, 0.1) is 6.92 Å². The molecule has 34 heavy (non-hydrogen) atoms. The van der Waals surface area contributed by atoms with Crippen molar-refractivity contribution in [1.29, 1.82) is 0 Å². The normalized spacial score (nSPS) is 17.3. The monoisotopic (exact) mass is 480 g/mol. The fourth-order valence-corrected chi connectivity index (χ4v) is 4.28. The SMILES string of the molecule is COc1ccc(CCNC[C@@H]2[C@@H](Oc3ccc(Cl)cc3)C(=O)N2c2ccccc2C)cc1OC. The van der Waals surface area contributed by atoms with Crippen molar-refractivity contribution >= 4 is 23.2 Å². The number of nitrogens with one attached hydrogen (secondary N) is 1. The Morgan fingerprint density at radius 2 is 1.71 bits per heavy atom. The number of carbonyl (C=O) groups is 1. The Labute approximate surface area is 205 Å². The number of benzene rings is 3. The Kier molecular flexibility index (Phi) is 7.60. The Morgan fingerprint density at radius 1 is 0.971 bits per heavy atom. The summed E-state index contributed by atoms with van der Waals surface area (Å²) in [4.78, 5) is 14.9. The lowest BCUT2D eigenvalue weighted by molar-refractivity contribution is -0.134. The summed E-state index contributed by atoms with van der Waals surface area (Å²) >= 11 is 5.99. The highest BCUT2D eigenvalue weighted by Crippen LogP contribution is 2.33. The van der Waals surface area contributed by atoms with Gasteiger partial charge in [0.2, 0.25) is 0 Å². The summed E-state index contributed by atoms with van der Waals surface area (Å²) in [7, 11) is 3.26. The number of hydrogen-bond acceptors (Lipinski definition) is 5. The number of methoxy groups -OCH3 is 2. The van der Waals surface area contributed by atoms with Crippen molar-refractivity contribution in [2.45, 2.75) is 25.5 Å². The topological polar surface area (TPSA) is 60.0 Å². The molecule has 1 aliphatic rings. The molecule has 1 amide bonds. The second-order valence-electron chi connectivity index (χ2n) is 8.20. The zero-order valence-corrected chi connectivity index (χ0v) is 20.3. The molecule has 1 saturated heterocycles. The summed E-state index contributed by atoms with van der Waals surface area (Å²) in [6.45, 7) is 3.36. The van der Waals surface area contributed by atoms with E-state index in [4.69, 9.17) is 25.8 Å². The molecule has 0 spiro atoms. The Hall–Kier alpha value is -3.22. The van der Waals surface area contributed by atoms with Gasteiger partial charge < -0.3 is 24.4 Å². The maximum absolute atomic E-state index is 13.1. The minimum atomic E-state index is -0.561. The van der Waals surface area contributed by atoms with Crippen molar-refractivity contribution in [3.05, 3.63) is 82.9 Å². The second-order valence-corrected chi connectivity index (χ2v) is 8.63. The number of halogens is 1. The molecule has 0 unspecified atom stereocenters. The van der Waals surface area contributed by atoms with Crippen LogP contribution in [0.5, 0.6) is 17.2 Å².